The van der Waals surface area contributed by atoms with Crippen LogP contribution in [0.15, 0.2) is 78.6 Å². The largest absolute Gasteiger partial charge is 0.449 e. The minimum Gasteiger partial charge on any atom is -0.449 e. The molecule has 7 heteroatoms. The summed E-state index contributed by atoms with van der Waals surface area (Å²) in [7, 11) is 0. The van der Waals surface area contributed by atoms with Gasteiger partial charge in [0.25, 0.3) is 11.8 Å². The van der Waals surface area contributed by atoms with Gasteiger partial charge in [-0.25, -0.2) is 0 Å². The molecule has 3 aromatic carbocycles. The molecular weight excluding hydrogens is 486 g/mol. The summed E-state index contributed by atoms with van der Waals surface area (Å²) in [6.07, 6.45) is 5.21. The molecule has 5 rings (SSSR count). The highest BCUT2D eigenvalue weighted by Gasteiger charge is 2.30. The number of halogens is 1. The molecule has 0 radical (unpaired) electrons. The van der Waals surface area contributed by atoms with Crippen molar-refractivity contribution in [3.05, 3.63) is 100 Å². The maximum Gasteiger partial charge on any atom is 0.294 e. The fraction of sp³-hybridized carbons (Fsp3) is 0.267. The van der Waals surface area contributed by atoms with E-state index in [1.807, 2.05) is 60.7 Å². The number of amides is 2. The maximum atomic E-state index is 13.4. The number of fused-ring (bicyclic) bond motifs is 1. The zero-order chi connectivity index (χ0) is 25.6. The van der Waals surface area contributed by atoms with E-state index in [9.17, 15) is 9.59 Å². The minimum atomic E-state index is -0.228. The van der Waals surface area contributed by atoms with Crippen LogP contribution in [0.25, 0.3) is 6.08 Å². The Morgan fingerprint density at radius 2 is 1.70 bits per heavy atom. The van der Waals surface area contributed by atoms with Gasteiger partial charge in [0.1, 0.15) is 0 Å². The number of likely N-dealkylation sites (tertiary alicyclic amines) is 1. The van der Waals surface area contributed by atoms with Crippen LogP contribution < -0.4 is 15.0 Å². The van der Waals surface area contributed by atoms with Gasteiger partial charge in [-0.1, -0.05) is 48.0 Å². The van der Waals surface area contributed by atoms with E-state index in [0.29, 0.717) is 29.4 Å². The maximum absolute atomic E-state index is 13.4. The Morgan fingerprint density at radius 1 is 0.973 bits per heavy atom. The Labute approximate surface area is 222 Å². The predicted octanol–water partition coefficient (Wildman–Crippen LogP) is 5.52. The van der Waals surface area contributed by atoms with Gasteiger partial charge in [0.2, 0.25) is 0 Å². The summed E-state index contributed by atoms with van der Waals surface area (Å²) in [5, 5.41) is 3.65. The number of nitrogens with zero attached hydrogens (tertiary/aromatic N) is 2. The van der Waals surface area contributed by atoms with Crippen molar-refractivity contribution >= 4 is 35.2 Å². The molecule has 0 saturated carbocycles. The average molecular weight is 516 g/mol. The first kappa shape index (κ1) is 25.1. The number of carbonyl (C=O) groups is 2. The summed E-state index contributed by atoms with van der Waals surface area (Å²) in [4.78, 5) is 30.1. The van der Waals surface area contributed by atoms with Crippen molar-refractivity contribution < 1.29 is 14.3 Å². The van der Waals surface area contributed by atoms with E-state index in [1.54, 1.807) is 23.1 Å². The van der Waals surface area contributed by atoms with Crippen molar-refractivity contribution in [2.24, 2.45) is 0 Å². The lowest BCUT2D eigenvalue weighted by molar-refractivity contribution is -0.117. The van der Waals surface area contributed by atoms with Gasteiger partial charge < -0.3 is 15.0 Å². The van der Waals surface area contributed by atoms with E-state index in [2.05, 4.69) is 10.2 Å². The smallest absolute Gasteiger partial charge is 0.294 e. The number of hydrogen-bond acceptors (Lipinski definition) is 4. The zero-order valence-corrected chi connectivity index (χ0v) is 21.4. The van der Waals surface area contributed by atoms with Crippen molar-refractivity contribution in [2.45, 2.75) is 25.8 Å². The number of anilines is 1. The molecule has 2 aliphatic rings. The second-order valence-corrected chi connectivity index (χ2v) is 9.81. The molecule has 3 aromatic rings. The van der Waals surface area contributed by atoms with Crippen molar-refractivity contribution in [3.8, 4) is 5.75 Å². The predicted molar refractivity (Wildman–Crippen MR) is 147 cm³/mol. The van der Waals surface area contributed by atoms with Crippen LogP contribution in [0.1, 0.15) is 40.7 Å². The van der Waals surface area contributed by atoms with E-state index in [4.69, 9.17) is 16.3 Å². The third kappa shape index (κ3) is 6.21. The van der Waals surface area contributed by atoms with Gasteiger partial charge in [-0.05, 0) is 92.5 Å². The van der Waals surface area contributed by atoms with Gasteiger partial charge in [0, 0.05) is 17.1 Å². The van der Waals surface area contributed by atoms with Crippen LogP contribution in [-0.2, 0) is 11.3 Å². The highest BCUT2D eigenvalue weighted by molar-refractivity contribution is 6.30. The quantitative estimate of drug-likeness (QED) is 0.317. The van der Waals surface area contributed by atoms with Gasteiger partial charge in [-0.3, -0.25) is 14.5 Å². The molecule has 0 bridgehead atoms. The number of ether oxygens (including phenoxy) is 1. The Balaban J connectivity index is 1.26. The fourth-order valence-electron chi connectivity index (χ4n) is 4.69. The Hall–Kier alpha value is -3.61. The van der Waals surface area contributed by atoms with E-state index < -0.39 is 0 Å². The molecule has 6 nitrogen and oxygen atoms in total. The standard InChI is InChI=1S/C30H30ClN3O3/c31-25-14-10-23(11-15-25)21-34-26-6-1-2-7-27(26)37-28(30(34)36)20-22-8-12-24(13-9-22)29(35)32-16-5-19-33-17-3-4-18-33/h1-2,6-15,20H,3-5,16-19,21H2,(H,32,35). The normalized spacial score (nSPS) is 16.5. The summed E-state index contributed by atoms with van der Waals surface area (Å²) in [6.45, 7) is 4.42. The summed E-state index contributed by atoms with van der Waals surface area (Å²) < 4.78 is 5.99. The van der Waals surface area contributed by atoms with Gasteiger partial charge in [0.05, 0.1) is 12.2 Å². The number of hydrogen-bond donors (Lipinski definition) is 1. The Kier molecular flexibility index (Phi) is 7.87. The number of rotatable bonds is 8. The van der Waals surface area contributed by atoms with E-state index in [0.717, 1.165) is 29.8 Å². The molecule has 190 valence electrons. The molecule has 1 fully saturated rings. The molecule has 37 heavy (non-hydrogen) atoms. The van der Waals surface area contributed by atoms with E-state index >= 15 is 0 Å². The summed E-state index contributed by atoms with van der Waals surface area (Å²) in [5.74, 6) is 0.529. The van der Waals surface area contributed by atoms with Crippen LogP contribution in [0, 0.1) is 0 Å². The topological polar surface area (TPSA) is 61.9 Å². The van der Waals surface area contributed by atoms with Gasteiger partial charge in [-0.2, -0.15) is 0 Å². The fourth-order valence-corrected chi connectivity index (χ4v) is 4.81. The van der Waals surface area contributed by atoms with Crippen molar-refractivity contribution in [2.75, 3.05) is 31.1 Å². The molecule has 2 amide bonds. The van der Waals surface area contributed by atoms with E-state index in [-0.39, 0.29) is 17.6 Å². The summed E-state index contributed by atoms with van der Waals surface area (Å²) >= 11 is 6.03. The molecule has 0 spiro atoms. The number of para-hydroxylation sites is 2. The van der Waals surface area contributed by atoms with Crippen LogP contribution in [0.4, 0.5) is 5.69 Å². The summed E-state index contributed by atoms with van der Waals surface area (Å²) in [5.41, 5.74) is 3.05. The van der Waals surface area contributed by atoms with Crippen LogP contribution in [0.5, 0.6) is 5.75 Å². The molecule has 0 aromatic heterocycles. The zero-order valence-electron chi connectivity index (χ0n) is 20.7. The molecule has 2 heterocycles. The number of nitrogens with one attached hydrogen (secondary N) is 1. The molecule has 2 aliphatic heterocycles. The third-order valence-electron chi connectivity index (χ3n) is 6.69. The van der Waals surface area contributed by atoms with Crippen LogP contribution in [0.3, 0.4) is 0 Å². The Morgan fingerprint density at radius 3 is 2.46 bits per heavy atom. The first-order valence-electron chi connectivity index (χ1n) is 12.7. The number of carbonyl (C=O) groups excluding carboxylic acids is 2. The molecule has 1 N–H and O–H groups in total. The number of benzene rings is 3. The first-order chi connectivity index (χ1) is 18.1. The molecule has 0 atom stereocenters. The molecule has 0 aliphatic carbocycles. The van der Waals surface area contributed by atoms with Crippen molar-refractivity contribution in [3.63, 3.8) is 0 Å². The first-order valence-corrected chi connectivity index (χ1v) is 13.1. The van der Waals surface area contributed by atoms with Gasteiger partial charge >= 0.3 is 0 Å². The average Bonchev–Trinajstić information content (AvgIpc) is 3.44. The highest BCUT2D eigenvalue weighted by atomic mass is 35.5. The Bertz CT molecular complexity index is 1280. The lowest BCUT2D eigenvalue weighted by Gasteiger charge is -2.30. The van der Waals surface area contributed by atoms with Gasteiger partial charge in [-0.15, -0.1) is 0 Å². The van der Waals surface area contributed by atoms with Gasteiger partial charge in [0.15, 0.2) is 11.5 Å². The molecular formula is C30H30ClN3O3. The second-order valence-electron chi connectivity index (χ2n) is 9.38. The third-order valence-corrected chi connectivity index (χ3v) is 6.94. The van der Waals surface area contributed by atoms with Crippen LogP contribution in [0.2, 0.25) is 5.02 Å². The lowest BCUT2D eigenvalue weighted by Crippen LogP contribution is -2.36. The second kappa shape index (κ2) is 11.6. The molecule has 0 unspecified atom stereocenters. The van der Waals surface area contributed by atoms with Crippen LogP contribution >= 0.6 is 11.6 Å². The monoisotopic (exact) mass is 515 g/mol. The van der Waals surface area contributed by atoms with Crippen molar-refractivity contribution in [1.82, 2.24) is 10.2 Å². The molecule has 1 saturated heterocycles. The van der Waals surface area contributed by atoms with E-state index in [1.165, 1.54) is 25.9 Å². The van der Waals surface area contributed by atoms with Crippen LogP contribution in [-0.4, -0.2) is 42.9 Å². The summed E-state index contributed by atoms with van der Waals surface area (Å²) in [6, 6.07) is 22.1. The lowest BCUT2D eigenvalue weighted by atomic mass is 10.1. The SMILES string of the molecule is O=C(NCCCN1CCCC1)c1ccc(C=C2Oc3ccccc3N(Cc3ccc(Cl)cc3)C2=O)cc1. The van der Waals surface area contributed by atoms with Crippen molar-refractivity contribution in [1.29, 1.82) is 0 Å². The minimum absolute atomic E-state index is 0.0892. The highest BCUT2D eigenvalue weighted by Crippen LogP contribution is 2.36.